The van der Waals surface area contributed by atoms with Gasteiger partial charge < -0.3 is 15.4 Å². The maximum Gasteiger partial charge on any atom is 0.229 e. The molecule has 0 spiro atoms. The van der Waals surface area contributed by atoms with Crippen molar-refractivity contribution in [2.75, 3.05) is 19.0 Å². The minimum absolute atomic E-state index is 0.0664. The molecule has 18 heavy (non-hydrogen) atoms. The molecule has 5 nitrogen and oxygen atoms in total. The Morgan fingerprint density at radius 3 is 3.06 bits per heavy atom. The molecule has 0 radical (unpaired) electrons. The van der Waals surface area contributed by atoms with Crippen molar-refractivity contribution in [2.24, 2.45) is 5.92 Å². The average molecular weight is 248 g/mol. The molecule has 1 aromatic rings. The molecule has 0 aliphatic carbocycles. The first-order chi connectivity index (χ1) is 8.69. The lowest BCUT2D eigenvalue weighted by molar-refractivity contribution is -0.123. The Bertz CT molecular complexity index is 459. The molecule has 0 saturated carbocycles. The van der Waals surface area contributed by atoms with Crippen LogP contribution >= 0.6 is 0 Å². The van der Waals surface area contributed by atoms with Gasteiger partial charge in [0, 0.05) is 25.8 Å². The fourth-order valence-corrected chi connectivity index (χ4v) is 1.94. The Balaban J connectivity index is 1.98. The Kier molecular flexibility index (Phi) is 3.94. The summed E-state index contributed by atoms with van der Waals surface area (Å²) in [5, 5.41) is 5.46. The molecule has 1 aliphatic heterocycles. The highest BCUT2D eigenvalue weighted by atomic mass is 16.5. The second-order valence-electron chi connectivity index (χ2n) is 4.33. The Labute approximate surface area is 106 Å². The summed E-state index contributed by atoms with van der Waals surface area (Å²) in [6.45, 7) is 0.926. The molecule has 1 saturated heterocycles. The molecular formula is C13H16N2O3. The number of rotatable bonds is 4. The Morgan fingerprint density at radius 1 is 1.56 bits per heavy atom. The van der Waals surface area contributed by atoms with Gasteiger partial charge in [0.25, 0.3) is 0 Å². The van der Waals surface area contributed by atoms with E-state index < -0.39 is 0 Å². The molecule has 1 aliphatic rings. The van der Waals surface area contributed by atoms with Gasteiger partial charge in [-0.25, -0.2) is 0 Å². The van der Waals surface area contributed by atoms with E-state index in [9.17, 15) is 9.59 Å². The van der Waals surface area contributed by atoms with Gasteiger partial charge in [0.15, 0.2) is 0 Å². The van der Waals surface area contributed by atoms with Crippen LogP contribution in [0.1, 0.15) is 12.0 Å². The number of anilines is 1. The third-order valence-corrected chi connectivity index (χ3v) is 2.85. The van der Waals surface area contributed by atoms with Crippen LogP contribution in [-0.4, -0.2) is 25.5 Å². The van der Waals surface area contributed by atoms with E-state index in [1.54, 1.807) is 7.11 Å². The van der Waals surface area contributed by atoms with Crippen LogP contribution in [0.25, 0.3) is 0 Å². The summed E-state index contributed by atoms with van der Waals surface area (Å²) in [4.78, 5) is 22.9. The minimum Gasteiger partial charge on any atom is -0.380 e. The quantitative estimate of drug-likeness (QED) is 0.832. The van der Waals surface area contributed by atoms with E-state index in [1.807, 2.05) is 24.3 Å². The van der Waals surface area contributed by atoms with Gasteiger partial charge in [-0.15, -0.1) is 0 Å². The molecule has 0 aromatic heterocycles. The SMILES string of the molecule is COCc1cccc(NC(=O)C2CNC(=O)C2)c1. The summed E-state index contributed by atoms with van der Waals surface area (Å²) < 4.78 is 5.03. The smallest absolute Gasteiger partial charge is 0.229 e. The number of amides is 2. The van der Waals surface area contributed by atoms with Crippen LogP contribution in [-0.2, 0) is 20.9 Å². The van der Waals surface area contributed by atoms with Crippen molar-refractivity contribution < 1.29 is 14.3 Å². The lowest BCUT2D eigenvalue weighted by atomic mass is 10.1. The van der Waals surface area contributed by atoms with Crippen molar-refractivity contribution in [3.05, 3.63) is 29.8 Å². The predicted molar refractivity (Wildman–Crippen MR) is 66.9 cm³/mol. The molecule has 0 bridgehead atoms. The zero-order valence-corrected chi connectivity index (χ0v) is 10.2. The zero-order chi connectivity index (χ0) is 13.0. The van der Waals surface area contributed by atoms with Crippen LogP contribution in [0.2, 0.25) is 0 Å². The summed E-state index contributed by atoms with van der Waals surface area (Å²) in [6, 6.07) is 7.48. The average Bonchev–Trinajstić information content (AvgIpc) is 2.77. The van der Waals surface area contributed by atoms with Crippen LogP contribution in [0, 0.1) is 5.92 Å². The number of methoxy groups -OCH3 is 1. The van der Waals surface area contributed by atoms with E-state index in [-0.39, 0.29) is 24.2 Å². The number of hydrogen-bond acceptors (Lipinski definition) is 3. The normalized spacial score (nSPS) is 18.5. The minimum atomic E-state index is -0.274. The Morgan fingerprint density at radius 2 is 2.39 bits per heavy atom. The first-order valence-electron chi connectivity index (χ1n) is 5.84. The van der Waals surface area contributed by atoms with E-state index in [0.29, 0.717) is 13.2 Å². The lowest BCUT2D eigenvalue weighted by Crippen LogP contribution is -2.24. The fraction of sp³-hybridized carbons (Fsp3) is 0.385. The molecular weight excluding hydrogens is 232 g/mol. The predicted octanol–water partition coefficient (Wildman–Crippen LogP) is 0.908. The third-order valence-electron chi connectivity index (χ3n) is 2.85. The maximum absolute atomic E-state index is 11.9. The summed E-state index contributed by atoms with van der Waals surface area (Å²) in [7, 11) is 1.63. The van der Waals surface area contributed by atoms with Gasteiger partial charge in [0.1, 0.15) is 0 Å². The molecule has 1 aromatic carbocycles. The van der Waals surface area contributed by atoms with Gasteiger partial charge >= 0.3 is 0 Å². The van der Waals surface area contributed by atoms with Crippen molar-refractivity contribution >= 4 is 17.5 Å². The van der Waals surface area contributed by atoms with Crippen LogP contribution in [0.15, 0.2) is 24.3 Å². The largest absolute Gasteiger partial charge is 0.380 e. The molecule has 1 fully saturated rings. The third kappa shape index (κ3) is 3.07. The van der Waals surface area contributed by atoms with Crippen LogP contribution in [0.4, 0.5) is 5.69 Å². The Hall–Kier alpha value is -1.88. The van der Waals surface area contributed by atoms with E-state index in [1.165, 1.54) is 0 Å². The first-order valence-corrected chi connectivity index (χ1v) is 5.84. The van der Waals surface area contributed by atoms with Crippen LogP contribution in [0.3, 0.4) is 0 Å². The van der Waals surface area contributed by atoms with Gasteiger partial charge in [-0.1, -0.05) is 12.1 Å². The monoisotopic (exact) mass is 248 g/mol. The number of nitrogens with one attached hydrogen (secondary N) is 2. The van der Waals surface area contributed by atoms with Crippen molar-refractivity contribution in [2.45, 2.75) is 13.0 Å². The standard InChI is InChI=1S/C13H16N2O3/c1-18-8-9-3-2-4-11(5-9)15-13(17)10-6-12(16)14-7-10/h2-5,10H,6-8H2,1H3,(H,14,16)(H,15,17). The van der Waals surface area contributed by atoms with Crippen LogP contribution < -0.4 is 10.6 Å². The summed E-state index contributed by atoms with van der Waals surface area (Å²) in [5.41, 5.74) is 1.73. The first kappa shape index (κ1) is 12.6. The highest BCUT2D eigenvalue weighted by molar-refractivity contribution is 5.97. The second kappa shape index (κ2) is 5.64. The molecule has 2 N–H and O–H groups in total. The number of ether oxygens (including phenoxy) is 1. The molecule has 96 valence electrons. The molecule has 1 unspecified atom stereocenters. The highest BCUT2D eigenvalue weighted by Gasteiger charge is 2.27. The lowest BCUT2D eigenvalue weighted by Gasteiger charge is -2.10. The van der Waals surface area contributed by atoms with Gasteiger partial charge in [-0.3, -0.25) is 9.59 Å². The van der Waals surface area contributed by atoms with E-state index >= 15 is 0 Å². The maximum atomic E-state index is 11.9. The summed E-state index contributed by atoms with van der Waals surface area (Å²) in [6.07, 6.45) is 0.267. The fourth-order valence-electron chi connectivity index (χ4n) is 1.94. The van der Waals surface area contributed by atoms with Crippen LogP contribution in [0.5, 0.6) is 0 Å². The molecule has 2 rings (SSSR count). The van der Waals surface area contributed by atoms with Gasteiger partial charge in [-0.2, -0.15) is 0 Å². The summed E-state index contributed by atoms with van der Waals surface area (Å²) in [5.74, 6) is -0.463. The van der Waals surface area contributed by atoms with E-state index in [2.05, 4.69) is 10.6 Å². The topological polar surface area (TPSA) is 67.4 Å². The van der Waals surface area contributed by atoms with Gasteiger partial charge in [-0.05, 0) is 17.7 Å². The zero-order valence-electron chi connectivity index (χ0n) is 10.2. The molecule has 2 amide bonds. The number of benzene rings is 1. The van der Waals surface area contributed by atoms with Crippen molar-refractivity contribution in [3.63, 3.8) is 0 Å². The molecule has 5 heteroatoms. The van der Waals surface area contributed by atoms with Crippen molar-refractivity contribution in [1.29, 1.82) is 0 Å². The second-order valence-corrected chi connectivity index (χ2v) is 4.33. The van der Waals surface area contributed by atoms with Gasteiger partial charge in [0.2, 0.25) is 11.8 Å². The number of carbonyl (C=O) groups is 2. The molecule has 1 atom stereocenters. The van der Waals surface area contributed by atoms with Gasteiger partial charge in [0.05, 0.1) is 12.5 Å². The molecule has 1 heterocycles. The van der Waals surface area contributed by atoms with E-state index in [4.69, 9.17) is 4.74 Å². The number of hydrogen-bond donors (Lipinski definition) is 2. The summed E-state index contributed by atoms with van der Waals surface area (Å²) >= 11 is 0. The number of carbonyl (C=O) groups excluding carboxylic acids is 2. The van der Waals surface area contributed by atoms with Crippen molar-refractivity contribution in [3.8, 4) is 0 Å². The van der Waals surface area contributed by atoms with E-state index in [0.717, 1.165) is 11.3 Å². The van der Waals surface area contributed by atoms with Crippen molar-refractivity contribution in [1.82, 2.24) is 5.32 Å². The highest BCUT2D eigenvalue weighted by Crippen LogP contribution is 2.15.